The smallest absolute Gasteiger partial charge is 0.340 e. The van der Waals surface area contributed by atoms with Crippen LogP contribution in [0.1, 0.15) is 30.1 Å². The van der Waals surface area contributed by atoms with Crippen LogP contribution in [0.25, 0.3) is 0 Å². The van der Waals surface area contributed by atoms with E-state index in [9.17, 15) is 4.79 Å². The summed E-state index contributed by atoms with van der Waals surface area (Å²) >= 11 is 1.87. The second-order valence-corrected chi connectivity index (χ2v) is 5.89. The van der Waals surface area contributed by atoms with E-state index in [0.717, 1.165) is 6.54 Å². The van der Waals surface area contributed by atoms with Crippen LogP contribution in [-0.4, -0.2) is 35.1 Å². The van der Waals surface area contributed by atoms with Gasteiger partial charge >= 0.3 is 5.97 Å². The molecule has 1 saturated carbocycles. The number of carbonyl (C=O) groups is 1. The van der Waals surface area contributed by atoms with Gasteiger partial charge in [0.2, 0.25) is 0 Å². The molecule has 104 valence electrons. The molecule has 3 N–H and O–H groups in total. The Morgan fingerprint density at radius 1 is 1.63 bits per heavy atom. The molecule has 5 nitrogen and oxygen atoms in total. The molecule has 0 amide bonds. The number of ether oxygens (including phenoxy) is 1. The Balaban J connectivity index is 2.05. The number of anilines is 2. The van der Waals surface area contributed by atoms with Crippen molar-refractivity contribution in [3.8, 4) is 0 Å². The summed E-state index contributed by atoms with van der Waals surface area (Å²) in [5.74, 6) is 0.258. The maximum Gasteiger partial charge on any atom is 0.340 e. The quantitative estimate of drug-likeness (QED) is 0.778. The summed E-state index contributed by atoms with van der Waals surface area (Å²) in [4.78, 5) is 15.9. The predicted octanol–water partition coefficient (Wildman–Crippen LogP) is 2.15. The molecule has 1 heterocycles. The fourth-order valence-corrected chi connectivity index (χ4v) is 2.52. The van der Waals surface area contributed by atoms with Crippen LogP contribution in [0.4, 0.5) is 11.5 Å². The molecule has 0 aromatic carbocycles. The number of pyridine rings is 1. The minimum Gasteiger partial charge on any atom is -0.462 e. The van der Waals surface area contributed by atoms with Crippen LogP contribution in [0, 0.1) is 0 Å². The molecule has 1 aliphatic carbocycles. The number of nitrogen functional groups attached to an aromatic ring is 1. The minimum atomic E-state index is -0.406. The van der Waals surface area contributed by atoms with Gasteiger partial charge in [-0.3, -0.25) is 0 Å². The van der Waals surface area contributed by atoms with Gasteiger partial charge in [-0.15, -0.1) is 0 Å². The zero-order valence-corrected chi connectivity index (χ0v) is 12.0. The molecular weight excluding hydrogens is 262 g/mol. The average Bonchev–Trinajstić information content (AvgIpc) is 3.19. The number of hydrogen-bond donors (Lipinski definition) is 2. The summed E-state index contributed by atoms with van der Waals surface area (Å²) in [5, 5.41) is 3.27. The number of rotatable bonds is 6. The zero-order chi connectivity index (χ0) is 13.9. The van der Waals surface area contributed by atoms with Crippen LogP contribution >= 0.6 is 11.8 Å². The highest BCUT2D eigenvalue weighted by Gasteiger charge is 2.41. The number of nitrogens with two attached hydrogens (primary N) is 1. The Kier molecular flexibility index (Phi) is 4.19. The Morgan fingerprint density at radius 3 is 2.95 bits per heavy atom. The van der Waals surface area contributed by atoms with E-state index in [1.165, 1.54) is 19.0 Å². The van der Waals surface area contributed by atoms with E-state index < -0.39 is 5.97 Å². The summed E-state index contributed by atoms with van der Waals surface area (Å²) in [6.07, 6.45) is 6.06. The lowest BCUT2D eigenvalue weighted by Crippen LogP contribution is -2.18. The predicted molar refractivity (Wildman–Crippen MR) is 78.6 cm³/mol. The number of nitrogens with one attached hydrogen (secondary N) is 1. The molecule has 1 aromatic rings. The maximum absolute atomic E-state index is 11.7. The first-order valence-electron chi connectivity index (χ1n) is 6.32. The van der Waals surface area contributed by atoms with E-state index in [1.54, 1.807) is 13.0 Å². The van der Waals surface area contributed by atoms with Crippen molar-refractivity contribution in [1.82, 2.24) is 4.98 Å². The van der Waals surface area contributed by atoms with E-state index in [4.69, 9.17) is 10.5 Å². The molecule has 1 aliphatic rings. The van der Waals surface area contributed by atoms with Gasteiger partial charge in [0.15, 0.2) is 0 Å². The van der Waals surface area contributed by atoms with Crippen LogP contribution in [0.2, 0.25) is 0 Å². The highest BCUT2D eigenvalue weighted by atomic mass is 32.2. The molecule has 0 aliphatic heterocycles. The maximum atomic E-state index is 11.7. The van der Waals surface area contributed by atoms with E-state index in [1.807, 2.05) is 11.8 Å². The van der Waals surface area contributed by atoms with Crippen LogP contribution in [0.15, 0.2) is 12.3 Å². The fourth-order valence-electron chi connectivity index (χ4n) is 1.79. The summed E-state index contributed by atoms with van der Waals surface area (Å²) in [6, 6.07) is 1.66. The van der Waals surface area contributed by atoms with Gasteiger partial charge in [-0.25, -0.2) is 9.78 Å². The van der Waals surface area contributed by atoms with E-state index in [-0.39, 0.29) is 0 Å². The molecule has 0 spiro atoms. The Hall–Kier alpha value is -1.43. The first-order valence-corrected chi connectivity index (χ1v) is 7.54. The van der Waals surface area contributed by atoms with E-state index in [0.29, 0.717) is 28.4 Å². The molecular formula is C13H19N3O2S. The molecule has 1 aromatic heterocycles. The highest BCUT2D eigenvalue weighted by Crippen LogP contribution is 2.46. The second kappa shape index (κ2) is 5.69. The third kappa shape index (κ3) is 3.32. The molecule has 0 radical (unpaired) electrons. The summed E-state index contributed by atoms with van der Waals surface area (Å²) < 4.78 is 5.30. The molecule has 0 saturated heterocycles. The average molecular weight is 281 g/mol. The van der Waals surface area contributed by atoms with Crippen molar-refractivity contribution in [1.29, 1.82) is 0 Å². The number of nitrogens with zero attached hydrogens (tertiary/aromatic N) is 1. The number of hydrogen-bond acceptors (Lipinski definition) is 6. The fraction of sp³-hybridized carbons (Fsp3) is 0.538. The largest absolute Gasteiger partial charge is 0.462 e. The van der Waals surface area contributed by atoms with Gasteiger partial charge in [-0.2, -0.15) is 11.8 Å². The third-order valence-corrected chi connectivity index (χ3v) is 4.68. The summed E-state index contributed by atoms with van der Waals surface area (Å²) in [6.45, 7) is 2.95. The molecule has 1 fully saturated rings. The van der Waals surface area contributed by atoms with Gasteiger partial charge in [0.1, 0.15) is 5.82 Å². The van der Waals surface area contributed by atoms with Crippen molar-refractivity contribution in [2.45, 2.75) is 24.5 Å². The normalized spacial score (nSPS) is 15.9. The van der Waals surface area contributed by atoms with Gasteiger partial charge in [0, 0.05) is 11.3 Å². The van der Waals surface area contributed by atoms with E-state index >= 15 is 0 Å². The molecule has 0 bridgehead atoms. The second-order valence-electron chi connectivity index (χ2n) is 4.62. The molecule has 0 unspecified atom stereocenters. The van der Waals surface area contributed by atoms with Crippen molar-refractivity contribution in [2.75, 3.05) is 30.5 Å². The number of carbonyl (C=O) groups excluding carboxylic acids is 1. The van der Waals surface area contributed by atoms with Crippen LogP contribution in [0.3, 0.4) is 0 Å². The van der Waals surface area contributed by atoms with Gasteiger partial charge in [0.25, 0.3) is 0 Å². The highest BCUT2D eigenvalue weighted by molar-refractivity contribution is 8.00. The van der Waals surface area contributed by atoms with Crippen molar-refractivity contribution in [2.24, 2.45) is 0 Å². The van der Waals surface area contributed by atoms with Crippen molar-refractivity contribution in [3.05, 3.63) is 17.8 Å². The molecule has 6 heteroatoms. The SMILES string of the molecule is CCOC(=O)c1cc(NCC2(SC)CC2)ncc1N. The van der Waals surface area contributed by atoms with Crippen LogP contribution in [-0.2, 0) is 4.74 Å². The summed E-state index contributed by atoms with van der Waals surface area (Å²) in [7, 11) is 0. The monoisotopic (exact) mass is 281 g/mol. The third-order valence-electron chi connectivity index (χ3n) is 3.26. The van der Waals surface area contributed by atoms with Crippen molar-refractivity contribution in [3.63, 3.8) is 0 Å². The van der Waals surface area contributed by atoms with Crippen molar-refractivity contribution < 1.29 is 9.53 Å². The number of esters is 1. The van der Waals surface area contributed by atoms with Gasteiger partial charge < -0.3 is 15.8 Å². The summed E-state index contributed by atoms with van der Waals surface area (Å²) in [5.41, 5.74) is 6.46. The van der Waals surface area contributed by atoms with Crippen LogP contribution < -0.4 is 11.1 Å². The Bertz CT molecular complexity index is 475. The molecule has 2 rings (SSSR count). The zero-order valence-electron chi connectivity index (χ0n) is 11.2. The topological polar surface area (TPSA) is 77.2 Å². The Morgan fingerprint density at radius 2 is 2.37 bits per heavy atom. The lowest BCUT2D eigenvalue weighted by atomic mass is 10.2. The lowest BCUT2D eigenvalue weighted by molar-refractivity contribution is 0.0527. The van der Waals surface area contributed by atoms with Crippen LogP contribution in [0.5, 0.6) is 0 Å². The van der Waals surface area contributed by atoms with Gasteiger partial charge in [0.05, 0.1) is 24.1 Å². The van der Waals surface area contributed by atoms with E-state index in [2.05, 4.69) is 16.6 Å². The van der Waals surface area contributed by atoms with Gasteiger partial charge in [-0.1, -0.05) is 0 Å². The van der Waals surface area contributed by atoms with Gasteiger partial charge in [-0.05, 0) is 32.1 Å². The first-order chi connectivity index (χ1) is 9.10. The standard InChI is InChI=1S/C13H19N3O2S/c1-3-18-12(17)9-6-11(15-7-10(9)14)16-8-13(19-2)4-5-13/h6-7H,3-5,8,14H2,1-2H3,(H,15,16). The molecule has 0 atom stereocenters. The first kappa shape index (κ1) is 14.0. The minimum absolute atomic E-state index is 0.332. The lowest BCUT2D eigenvalue weighted by Gasteiger charge is -2.14. The molecule has 19 heavy (non-hydrogen) atoms. The number of thioether (sulfide) groups is 1. The number of aromatic nitrogens is 1. The van der Waals surface area contributed by atoms with Crippen molar-refractivity contribution >= 4 is 29.2 Å². The Labute approximate surface area is 117 Å².